The number of fused-ring (bicyclic) bond motifs is 1. The van der Waals surface area contributed by atoms with Gasteiger partial charge in [0.2, 0.25) is 5.88 Å². The molecule has 3 N–H and O–H groups in total. The van der Waals surface area contributed by atoms with Crippen molar-refractivity contribution in [2.45, 2.75) is 19.9 Å². The van der Waals surface area contributed by atoms with E-state index in [0.717, 1.165) is 36.9 Å². The Morgan fingerprint density at radius 1 is 1.33 bits per heavy atom. The molecule has 11 heteroatoms. The number of thiophene rings is 1. The molecule has 0 radical (unpaired) electrons. The summed E-state index contributed by atoms with van der Waals surface area (Å²) in [5.74, 6) is -0.228. The molecule has 1 aliphatic heterocycles. The first-order valence-electron chi connectivity index (χ1n) is 10.8. The van der Waals surface area contributed by atoms with Crippen LogP contribution in [-0.4, -0.2) is 73.5 Å². The molecule has 33 heavy (non-hydrogen) atoms. The number of aromatic nitrogens is 5. The number of morpholine rings is 1. The minimum Gasteiger partial charge on any atom is -0.493 e. The van der Waals surface area contributed by atoms with Gasteiger partial charge in [0.1, 0.15) is 5.69 Å². The molecule has 1 unspecified atom stereocenters. The summed E-state index contributed by atoms with van der Waals surface area (Å²) in [6.07, 6.45) is 3.30. The molecule has 0 spiro atoms. The fraction of sp³-hybridized carbons (Fsp3) is 0.364. The average molecular weight is 468 g/mol. The van der Waals surface area contributed by atoms with Crippen LogP contribution in [0.1, 0.15) is 17.5 Å². The lowest BCUT2D eigenvalue weighted by Crippen LogP contribution is -2.43. The van der Waals surface area contributed by atoms with Gasteiger partial charge in [0.25, 0.3) is 0 Å². The summed E-state index contributed by atoms with van der Waals surface area (Å²) in [7, 11) is 0. The Hall–Kier alpha value is -3.28. The highest BCUT2D eigenvalue weighted by atomic mass is 32.1. The molecule has 5 rings (SSSR count). The van der Waals surface area contributed by atoms with Crippen LogP contribution in [0.2, 0.25) is 0 Å². The highest BCUT2D eigenvalue weighted by Gasteiger charge is 2.17. The van der Waals surface area contributed by atoms with E-state index in [1.54, 1.807) is 28.1 Å². The van der Waals surface area contributed by atoms with Crippen molar-refractivity contribution < 1.29 is 9.84 Å². The van der Waals surface area contributed by atoms with Crippen molar-refractivity contribution in [3.8, 4) is 16.5 Å². The monoisotopic (exact) mass is 467 g/mol. The van der Waals surface area contributed by atoms with E-state index >= 15 is 0 Å². The largest absolute Gasteiger partial charge is 0.493 e. The first-order valence-corrected chi connectivity index (χ1v) is 11.6. The van der Waals surface area contributed by atoms with Crippen molar-refractivity contribution in [1.82, 2.24) is 29.5 Å². The van der Waals surface area contributed by atoms with Crippen LogP contribution in [0, 0.1) is 6.92 Å². The third kappa shape index (κ3) is 4.47. The van der Waals surface area contributed by atoms with Crippen LogP contribution in [0.15, 0.2) is 34.2 Å². The van der Waals surface area contributed by atoms with Gasteiger partial charge >= 0.3 is 5.69 Å². The summed E-state index contributed by atoms with van der Waals surface area (Å²) in [6, 6.07) is 6.34. The van der Waals surface area contributed by atoms with Gasteiger partial charge in [0.05, 0.1) is 36.5 Å². The van der Waals surface area contributed by atoms with E-state index in [2.05, 4.69) is 39.9 Å². The van der Waals surface area contributed by atoms with Crippen LogP contribution < -0.4 is 16.4 Å². The van der Waals surface area contributed by atoms with Gasteiger partial charge < -0.3 is 14.8 Å². The average Bonchev–Trinajstić information content (AvgIpc) is 3.51. The Kier molecular flexibility index (Phi) is 5.83. The maximum Gasteiger partial charge on any atom is 0.326 e. The van der Waals surface area contributed by atoms with Crippen molar-refractivity contribution in [3.05, 3.63) is 56.2 Å². The van der Waals surface area contributed by atoms with Crippen molar-refractivity contribution in [2.75, 3.05) is 32.8 Å². The maximum atomic E-state index is 11.5. The number of H-pyrrole nitrogens is 2. The molecule has 4 aromatic rings. The lowest BCUT2D eigenvalue weighted by molar-refractivity contribution is 0.0219. The van der Waals surface area contributed by atoms with Crippen molar-refractivity contribution in [3.63, 3.8) is 0 Å². The number of imidazole rings is 1. The molecule has 10 nitrogen and oxygen atoms in total. The number of aryl methyl sites for hydroxylation is 1. The number of nitrogens with zero attached hydrogens (tertiary/aromatic N) is 5. The number of hydrogen-bond acceptors (Lipinski definition) is 8. The lowest BCUT2D eigenvalue weighted by Gasteiger charge is -2.31. The summed E-state index contributed by atoms with van der Waals surface area (Å²) in [5.41, 5.74) is 1.89. The Balaban J connectivity index is 1.62. The van der Waals surface area contributed by atoms with E-state index < -0.39 is 5.69 Å². The van der Waals surface area contributed by atoms with E-state index in [0.29, 0.717) is 22.9 Å². The summed E-state index contributed by atoms with van der Waals surface area (Å²) in [4.78, 5) is 30.8. The van der Waals surface area contributed by atoms with E-state index in [-0.39, 0.29) is 17.6 Å². The number of ether oxygens (including phenoxy) is 1. The van der Waals surface area contributed by atoms with Crippen molar-refractivity contribution in [2.24, 2.45) is 4.99 Å². The van der Waals surface area contributed by atoms with Gasteiger partial charge in [0, 0.05) is 35.3 Å². The molecule has 0 aromatic carbocycles. The van der Waals surface area contributed by atoms with Crippen LogP contribution in [0.4, 0.5) is 0 Å². The summed E-state index contributed by atoms with van der Waals surface area (Å²) in [5, 5.41) is 15.1. The Morgan fingerprint density at radius 2 is 2.15 bits per heavy atom. The fourth-order valence-electron chi connectivity index (χ4n) is 3.88. The Morgan fingerprint density at radius 3 is 2.85 bits per heavy atom. The van der Waals surface area contributed by atoms with Crippen LogP contribution >= 0.6 is 11.3 Å². The number of nitrogens with one attached hydrogen (secondary N) is 2. The molecule has 1 atom stereocenters. The van der Waals surface area contributed by atoms with Gasteiger partial charge in [-0.05, 0) is 32.1 Å². The second kappa shape index (κ2) is 8.93. The number of rotatable bonds is 5. The summed E-state index contributed by atoms with van der Waals surface area (Å²) >= 11 is 1.66. The molecule has 0 bridgehead atoms. The molecule has 1 fully saturated rings. The molecular weight excluding hydrogens is 442 g/mol. The van der Waals surface area contributed by atoms with E-state index in [9.17, 15) is 9.90 Å². The third-order valence-electron chi connectivity index (χ3n) is 5.69. The predicted molar refractivity (Wildman–Crippen MR) is 125 cm³/mol. The molecule has 172 valence electrons. The zero-order valence-electron chi connectivity index (χ0n) is 18.4. The van der Waals surface area contributed by atoms with Crippen LogP contribution in [-0.2, 0) is 4.74 Å². The van der Waals surface area contributed by atoms with Crippen LogP contribution in [0.5, 0.6) is 5.88 Å². The number of aromatic hydroxyl groups is 1. The number of aromatic amines is 2. The minimum atomic E-state index is -0.481. The molecule has 1 saturated heterocycles. The van der Waals surface area contributed by atoms with Crippen molar-refractivity contribution in [1.29, 1.82) is 0 Å². The first-order chi connectivity index (χ1) is 16.0. The normalized spacial score (nSPS) is 17.3. The maximum absolute atomic E-state index is 11.5. The zero-order valence-corrected chi connectivity index (χ0v) is 19.2. The van der Waals surface area contributed by atoms with Gasteiger partial charge in [-0.1, -0.05) is 0 Å². The summed E-state index contributed by atoms with van der Waals surface area (Å²) < 4.78 is 7.16. The molecule has 5 heterocycles. The van der Waals surface area contributed by atoms with E-state index in [1.807, 2.05) is 12.1 Å². The SMILES string of the molecule is Cc1ccc(-c2cc(=NCC(C)N3CCOCC3)n3ncc(=Cc4[nH]c(=O)[nH]c4O)c3n2)s1. The molecular formula is C22H25N7O3S. The first kappa shape index (κ1) is 21.6. The van der Waals surface area contributed by atoms with Gasteiger partial charge in [-0.3, -0.25) is 14.9 Å². The molecule has 0 amide bonds. The van der Waals surface area contributed by atoms with Gasteiger partial charge in [-0.2, -0.15) is 9.61 Å². The smallest absolute Gasteiger partial charge is 0.326 e. The molecule has 0 aliphatic carbocycles. The standard InChI is InChI=1S/C22H25N7O3S/c1-13(28-5-7-32-8-6-28)11-23-19-10-16(18-4-3-14(2)33-18)25-20-15(12-24-29(19)20)9-17-21(30)27-22(31)26-17/h3-4,9-10,12-13,30H,5-8,11H2,1-2H3,(H2,26,27,31). The second-order valence-corrected chi connectivity index (χ2v) is 9.36. The number of hydrogen-bond donors (Lipinski definition) is 3. The highest BCUT2D eigenvalue weighted by molar-refractivity contribution is 7.15. The van der Waals surface area contributed by atoms with Gasteiger partial charge in [-0.25, -0.2) is 9.78 Å². The van der Waals surface area contributed by atoms with E-state index in [4.69, 9.17) is 14.7 Å². The Labute approximate surface area is 192 Å². The quantitative estimate of drug-likeness (QED) is 0.396. The fourth-order valence-corrected chi connectivity index (χ4v) is 4.71. The molecule has 0 saturated carbocycles. The lowest BCUT2D eigenvalue weighted by atomic mass is 10.2. The van der Waals surface area contributed by atoms with Gasteiger partial charge in [0.15, 0.2) is 11.1 Å². The van der Waals surface area contributed by atoms with E-state index in [1.165, 1.54) is 4.88 Å². The van der Waals surface area contributed by atoms with Crippen LogP contribution in [0.25, 0.3) is 22.3 Å². The highest BCUT2D eigenvalue weighted by Crippen LogP contribution is 2.25. The van der Waals surface area contributed by atoms with Crippen LogP contribution in [0.3, 0.4) is 0 Å². The zero-order chi connectivity index (χ0) is 22.9. The molecule has 1 aliphatic rings. The molecule has 4 aromatic heterocycles. The topological polar surface area (TPSA) is 124 Å². The third-order valence-corrected chi connectivity index (χ3v) is 6.72. The minimum absolute atomic E-state index is 0.228. The second-order valence-electron chi connectivity index (χ2n) is 8.07. The summed E-state index contributed by atoms with van der Waals surface area (Å²) in [6.45, 7) is 8.15. The van der Waals surface area contributed by atoms with Gasteiger partial charge in [-0.15, -0.1) is 11.3 Å². The predicted octanol–water partition coefficient (Wildman–Crippen LogP) is 0.657. The Bertz CT molecular complexity index is 1460. The van der Waals surface area contributed by atoms with Crippen molar-refractivity contribution >= 4 is 23.1 Å².